The summed E-state index contributed by atoms with van der Waals surface area (Å²) in [6.07, 6.45) is 0. The molecule has 0 bridgehead atoms. The van der Waals surface area contributed by atoms with Crippen molar-refractivity contribution in [2.45, 2.75) is 6.54 Å². The smallest absolute Gasteiger partial charge is 0.0595 e. The number of halogens is 3. The van der Waals surface area contributed by atoms with E-state index < -0.39 is 0 Å². The second kappa shape index (κ2) is 5.63. The molecule has 0 aliphatic heterocycles. The first-order valence-electron chi connectivity index (χ1n) is 5.08. The first-order valence-corrected chi connectivity index (χ1v) is 6.22. The van der Waals surface area contributed by atoms with Gasteiger partial charge in [0.2, 0.25) is 0 Å². The molecule has 2 aromatic carbocycles. The van der Waals surface area contributed by atoms with E-state index in [0.717, 1.165) is 11.3 Å². The van der Waals surface area contributed by atoms with Crippen LogP contribution in [0, 0.1) is 0 Å². The molecule has 0 heterocycles. The van der Waals surface area contributed by atoms with Crippen LogP contribution in [0.3, 0.4) is 0 Å². The van der Waals surface area contributed by atoms with Gasteiger partial charge >= 0.3 is 0 Å². The van der Waals surface area contributed by atoms with Crippen molar-refractivity contribution in [2.75, 3.05) is 5.32 Å². The van der Waals surface area contributed by atoms with Crippen molar-refractivity contribution in [3.8, 4) is 0 Å². The van der Waals surface area contributed by atoms with Crippen LogP contribution in [0.2, 0.25) is 15.1 Å². The number of benzene rings is 2. The molecule has 2 rings (SSSR count). The van der Waals surface area contributed by atoms with E-state index in [1.54, 1.807) is 6.07 Å². The van der Waals surface area contributed by atoms with E-state index in [2.05, 4.69) is 5.32 Å². The summed E-state index contributed by atoms with van der Waals surface area (Å²) in [5.74, 6) is 0. The largest absolute Gasteiger partial charge is 0.381 e. The second-order valence-corrected chi connectivity index (χ2v) is 4.86. The molecular weight excluding hydrogens is 277 g/mol. The Hall–Kier alpha value is -0.890. The Kier molecular flexibility index (Phi) is 4.16. The molecule has 0 fully saturated rings. The van der Waals surface area contributed by atoms with Gasteiger partial charge in [-0.3, -0.25) is 0 Å². The van der Waals surface area contributed by atoms with Gasteiger partial charge in [-0.2, -0.15) is 0 Å². The molecule has 1 N–H and O–H groups in total. The zero-order valence-corrected chi connectivity index (χ0v) is 11.2. The summed E-state index contributed by atoms with van der Waals surface area (Å²) in [6, 6.07) is 13.2. The number of hydrogen-bond donors (Lipinski definition) is 1. The van der Waals surface area contributed by atoms with Crippen LogP contribution in [0.25, 0.3) is 0 Å². The van der Waals surface area contributed by atoms with E-state index in [1.165, 1.54) is 0 Å². The van der Waals surface area contributed by atoms with Crippen molar-refractivity contribution in [3.63, 3.8) is 0 Å². The average molecular weight is 287 g/mol. The Balaban J connectivity index is 2.05. The SMILES string of the molecule is Clc1cccc(NCc2ccc(Cl)c(Cl)c2)c1. The molecule has 88 valence electrons. The van der Waals surface area contributed by atoms with Gasteiger partial charge < -0.3 is 5.32 Å². The molecule has 4 heteroatoms. The quantitative estimate of drug-likeness (QED) is 0.811. The molecule has 0 aliphatic carbocycles. The minimum Gasteiger partial charge on any atom is -0.381 e. The molecule has 17 heavy (non-hydrogen) atoms. The normalized spacial score (nSPS) is 10.3. The molecule has 0 unspecified atom stereocenters. The molecule has 0 aliphatic rings. The monoisotopic (exact) mass is 285 g/mol. The van der Waals surface area contributed by atoms with Crippen LogP contribution in [-0.2, 0) is 6.54 Å². The summed E-state index contributed by atoms with van der Waals surface area (Å²) in [5.41, 5.74) is 2.04. The summed E-state index contributed by atoms with van der Waals surface area (Å²) in [4.78, 5) is 0. The molecule has 0 aromatic heterocycles. The van der Waals surface area contributed by atoms with Crippen LogP contribution in [0.1, 0.15) is 5.56 Å². The lowest BCUT2D eigenvalue weighted by Gasteiger charge is -2.07. The minimum absolute atomic E-state index is 0.567. The maximum atomic E-state index is 5.94. The van der Waals surface area contributed by atoms with Gasteiger partial charge in [-0.25, -0.2) is 0 Å². The van der Waals surface area contributed by atoms with Gasteiger partial charge in [0.25, 0.3) is 0 Å². The van der Waals surface area contributed by atoms with E-state index in [4.69, 9.17) is 34.8 Å². The molecule has 2 aromatic rings. The summed E-state index contributed by atoms with van der Waals surface area (Å²) in [7, 11) is 0. The highest BCUT2D eigenvalue weighted by molar-refractivity contribution is 6.42. The zero-order chi connectivity index (χ0) is 12.3. The van der Waals surface area contributed by atoms with E-state index in [0.29, 0.717) is 21.6 Å². The topological polar surface area (TPSA) is 12.0 Å². The lowest BCUT2D eigenvalue weighted by Crippen LogP contribution is -1.99. The Bertz CT molecular complexity index is 526. The fraction of sp³-hybridized carbons (Fsp3) is 0.0769. The van der Waals surface area contributed by atoms with Crippen molar-refractivity contribution in [1.82, 2.24) is 0 Å². The zero-order valence-electron chi connectivity index (χ0n) is 8.88. The number of anilines is 1. The predicted molar refractivity (Wildman–Crippen MR) is 75.2 cm³/mol. The summed E-state index contributed by atoms with van der Waals surface area (Å²) >= 11 is 17.7. The van der Waals surface area contributed by atoms with Crippen molar-refractivity contribution in [3.05, 3.63) is 63.1 Å². The van der Waals surface area contributed by atoms with Crippen LogP contribution in [0.4, 0.5) is 5.69 Å². The van der Waals surface area contributed by atoms with E-state index in [9.17, 15) is 0 Å². The highest BCUT2D eigenvalue weighted by Crippen LogP contribution is 2.23. The molecule has 0 atom stereocenters. The van der Waals surface area contributed by atoms with Crippen molar-refractivity contribution in [1.29, 1.82) is 0 Å². The summed E-state index contributed by atoms with van der Waals surface area (Å²) in [6.45, 7) is 0.678. The maximum Gasteiger partial charge on any atom is 0.0595 e. The molecule has 0 radical (unpaired) electrons. The van der Waals surface area contributed by atoms with Crippen molar-refractivity contribution >= 4 is 40.5 Å². The average Bonchev–Trinajstić information content (AvgIpc) is 2.31. The van der Waals surface area contributed by atoms with Crippen LogP contribution >= 0.6 is 34.8 Å². The van der Waals surface area contributed by atoms with Gasteiger partial charge in [0.15, 0.2) is 0 Å². The lowest BCUT2D eigenvalue weighted by atomic mass is 10.2. The molecule has 1 nitrogen and oxygen atoms in total. The van der Waals surface area contributed by atoms with Crippen molar-refractivity contribution < 1.29 is 0 Å². The summed E-state index contributed by atoms with van der Waals surface area (Å²) in [5, 5.41) is 5.11. The fourth-order valence-electron chi connectivity index (χ4n) is 1.45. The van der Waals surface area contributed by atoms with Gasteiger partial charge in [-0.1, -0.05) is 46.9 Å². The first-order chi connectivity index (χ1) is 8.15. The van der Waals surface area contributed by atoms with E-state index in [1.807, 2.05) is 36.4 Å². The van der Waals surface area contributed by atoms with Gasteiger partial charge in [-0.05, 0) is 35.9 Å². The van der Waals surface area contributed by atoms with Crippen LogP contribution in [0.15, 0.2) is 42.5 Å². The third-order valence-corrected chi connectivity index (χ3v) is 3.28. The van der Waals surface area contributed by atoms with Crippen LogP contribution in [0.5, 0.6) is 0 Å². The van der Waals surface area contributed by atoms with E-state index >= 15 is 0 Å². The third kappa shape index (κ3) is 3.53. The Labute approximate surface area is 115 Å². The first kappa shape index (κ1) is 12.6. The Morgan fingerprint density at radius 2 is 1.71 bits per heavy atom. The third-order valence-electron chi connectivity index (χ3n) is 2.31. The maximum absolute atomic E-state index is 5.94. The van der Waals surface area contributed by atoms with Crippen molar-refractivity contribution in [2.24, 2.45) is 0 Å². The number of nitrogens with one attached hydrogen (secondary N) is 1. The molecular formula is C13H10Cl3N. The van der Waals surface area contributed by atoms with Crippen LogP contribution < -0.4 is 5.32 Å². The lowest BCUT2D eigenvalue weighted by molar-refractivity contribution is 1.15. The van der Waals surface area contributed by atoms with Crippen LogP contribution in [-0.4, -0.2) is 0 Å². The predicted octanol–water partition coefficient (Wildman–Crippen LogP) is 5.26. The standard InChI is InChI=1S/C13H10Cl3N/c14-10-2-1-3-11(7-10)17-8-9-4-5-12(15)13(16)6-9/h1-7,17H,8H2. The minimum atomic E-state index is 0.567. The summed E-state index contributed by atoms with van der Waals surface area (Å²) < 4.78 is 0. The number of rotatable bonds is 3. The molecule has 0 saturated carbocycles. The van der Waals surface area contributed by atoms with Gasteiger partial charge in [0.1, 0.15) is 0 Å². The van der Waals surface area contributed by atoms with Gasteiger partial charge in [0, 0.05) is 17.3 Å². The second-order valence-electron chi connectivity index (χ2n) is 3.61. The van der Waals surface area contributed by atoms with E-state index in [-0.39, 0.29) is 0 Å². The van der Waals surface area contributed by atoms with Gasteiger partial charge in [0.05, 0.1) is 10.0 Å². The molecule has 0 spiro atoms. The number of hydrogen-bond acceptors (Lipinski definition) is 1. The molecule has 0 saturated heterocycles. The highest BCUT2D eigenvalue weighted by Gasteiger charge is 1.99. The highest BCUT2D eigenvalue weighted by atomic mass is 35.5. The Morgan fingerprint density at radius 1 is 0.882 bits per heavy atom. The Morgan fingerprint density at radius 3 is 2.41 bits per heavy atom. The van der Waals surface area contributed by atoms with Gasteiger partial charge in [-0.15, -0.1) is 0 Å². The molecule has 0 amide bonds. The fourth-order valence-corrected chi connectivity index (χ4v) is 1.96.